The quantitative estimate of drug-likeness (QED) is 0.280. The first-order valence-corrected chi connectivity index (χ1v) is 13.6. The summed E-state index contributed by atoms with van der Waals surface area (Å²) in [5.74, 6) is 0.778. The fourth-order valence-electron chi connectivity index (χ4n) is 5.15. The standard InChI is InChI=1S/C29H27F3N2O3S/c1-20-28(24-10-3-5-12-26(24)34(20)19-21-8-7-9-23(18-21)37-2)22-14-16-33(17-15-22)38(35,36)27-13-6-4-11-25(27)29(30,31)32/h3-14,18H,15-17,19H2,1-2H3. The van der Waals surface area contributed by atoms with Gasteiger partial charge in [-0.2, -0.15) is 17.5 Å². The minimum atomic E-state index is -4.76. The molecular weight excluding hydrogens is 513 g/mol. The van der Waals surface area contributed by atoms with E-state index in [9.17, 15) is 21.6 Å². The monoisotopic (exact) mass is 540 g/mol. The molecule has 5 nitrogen and oxygen atoms in total. The van der Waals surface area contributed by atoms with Crippen LogP contribution in [0.2, 0.25) is 0 Å². The minimum absolute atomic E-state index is 0.00130. The van der Waals surface area contributed by atoms with Crippen LogP contribution in [0.4, 0.5) is 13.2 Å². The van der Waals surface area contributed by atoms with E-state index in [2.05, 4.69) is 10.6 Å². The van der Waals surface area contributed by atoms with Crippen LogP contribution < -0.4 is 4.74 Å². The van der Waals surface area contributed by atoms with Crippen molar-refractivity contribution in [2.45, 2.75) is 31.0 Å². The molecule has 0 atom stereocenters. The van der Waals surface area contributed by atoms with Crippen LogP contribution in [0.25, 0.3) is 16.5 Å². The van der Waals surface area contributed by atoms with Crippen LogP contribution in [0.15, 0.2) is 83.8 Å². The van der Waals surface area contributed by atoms with E-state index in [1.54, 1.807) is 7.11 Å². The Balaban J connectivity index is 1.49. The van der Waals surface area contributed by atoms with E-state index in [1.165, 1.54) is 12.1 Å². The van der Waals surface area contributed by atoms with Crippen LogP contribution >= 0.6 is 0 Å². The topological polar surface area (TPSA) is 51.5 Å². The van der Waals surface area contributed by atoms with Crippen LogP contribution in [-0.2, 0) is 22.7 Å². The highest BCUT2D eigenvalue weighted by Crippen LogP contribution is 2.38. The predicted octanol–water partition coefficient (Wildman–Crippen LogP) is 6.50. The van der Waals surface area contributed by atoms with Gasteiger partial charge in [0.2, 0.25) is 10.0 Å². The largest absolute Gasteiger partial charge is 0.497 e. The fourth-order valence-corrected chi connectivity index (χ4v) is 6.75. The van der Waals surface area contributed by atoms with Gasteiger partial charge in [-0.25, -0.2) is 8.42 Å². The molecule has 0 amide bonds. The van der Waals surface area contributed by atoms with E-state index < -0.39 is 26.7 Å². The molecule has 5 rings (SSSR count). The lowest BCUT2D eigenvalue weighted by atomic mass is 9.97. The van der Waals surface area contributed by atoms with E-state index in [4.69, 9.17) is 4.74 Å². The maximum absolute atomic E-state index is 13.5. The smallest absolute Gasteiger partial charge is 0.417 e. The number of benzene rings is 3. The van der Waals surface area contributed by atoms with E-state index in [1.807, 2.05) is 55.5 Å². The number of ether oxygens (including phenoxy) is 1. The molecule has 38 heavy (non-hydrogen) atoms. The normalized spacial score (nSPS) is 15.0. The summed E-state index contributed by atoms with van der Waals surface area (Å²) >= 11 is 0. The predicted molar refractivity (Wildman–Crippen MR) is 142 cm³/mol. The first-order chi connectivity index (χ1) is 18.1. The summed E-state index contributed by atoms with van der Waals surface area (Å²) in [6, 6.07) is 20.3. The number of halogens is 3. The Morgan fingerprint density at radius 3 is 2.42 bits per heavy atom. The van der Waals surface area contributed by atoms with Crippen LogP contribution in [0, 0.1) is 6.92 Å². The summed E-state index contributed by atoms with van der Waals surface area (Å²) in [7, 11) is -2.69. The van der Waals surface area contributed by atoms with Gasteiger partial charge in [-0.3, -0.25) is 0 Å². The molecule has 0 N–H and O–H groups in total. The molecule has 0 fully saturated rings. The number of alkyl halides is 3. The third-order valence-electron chi connectivity index (χ3n) is 7.01. The Kier molecular flexibility index (Phi) is 6.83. The molecule has 1 aliphatic rings. The highest BCUT2D eigenvalue weighted by molar-refractivity contribution is 7.89. The molecule has 198 valence electrons. The Morgan fingerprint density at radius 1 is 0.974 bits per heavy atom. The lowest BCUT2D eigenvalue weighted by Gasteiger charge is -2.27. The molecule has 4 aromatic rings. The van der Waals surface area contributed by atoms with Gasteiger partial charge in [-0.05, 0) is 54.8 Å². The van der Waals surface area contributed by atoms with Crippen LogP contribution in [0.1, 0.15) is 28.8 Å². The molecule has 1 aliphatic heterocycles. The van der Waals surface area contributed by atoms with Gasteiger partial charge in [0.1, 0.15) is 5.75 Å². The number of nitrogens with zero attached hydrogens (tertiary/aromatic N) is 2. The first-order valence-electron chi connectivity index (χ1n) is 12.2. The van der Waals surface area contributed by atoms with Gasteiger partial charge >= 0.3 is 6.18 Å². The summed E-state index contributed by atoms with van der Waals surface area (Å²) in [5, 5.41) is 1.05. The number of methoxy groups -OCH3 is 1. The van der Waals surface area contributed by atoms with E-state index >= 15 is 0 Å². The Bertz CT molecular complexity index is 1640. The lowest BCUT2D eigenvalue weighted by molar-refractivity contribution is -0.139. The molecule has 3 aromatic carbocycles. The number of fused-ring (bicyclic) bond motifs is 1. The van der Waals surface area contributed by atoms with Gasteiger partial charge in [0.25, 0.3) is 0 Å². The third-order valence-corrected chi connectivity index (χ3v) is 8.93. The van der Waals surface area contributed by atoms with Gasteiger partial charge in [0.15, 0.2) is 0 Å². The summed E-state index contributed by atoms with van der Waals surface area (Å²) < 4.78 is 75.7. The van der Waals surface area contributed by atoms with Crippen LogP contribution in [0.3, 0.4) is 0 Å². The molecule has 0 aliphatic carbocycles. The molecule has 0 radical (unpaired) electrons. The van der Waals surface area contributed by atoms with Gasteiger partial charge in [0, 0.05) is 41.8 Å². The number of aromatic nitrogens is 1. The third kappa shape index (κ3) is 4.72. The zero-order valence-electron chi connectivity index (χ0n) is 21.0. The van der Waals surface area contributed by atoms with Gasteiger partial charge in [0.05, 0.1) is 17.6 Å². The van der Waals surface area contributed by atoms with Crippen molar-refractivity contribution in [2.24, 2.45) is 0 Å². The molecule has 0 spiro atoms. The molecule has 0 saturated heterocycles. The summed E-state index contributed by atoms with van der Waals surface area (Å²) in [4.78, 5) is -0.713. The molecule has 9 heteroatoms. The van der Waals surface area contributed by atoms with Crippen molar-refractivity contribution in [3.05, 3.63) is 101 Å². The van der Waals surface area contributed by atoms with Gasteiger partial charge < -0.3 is 9.30 Å². The number of sulfonamides is 1. The second kappa shape index (κ2) is 9.96. The van der Waals surface area contributed by atoms with Crippen LogP contribution in [0.5, 0.6) is 5.75 Å². The lowest BCUT2D eigenvalue weighted by Crippen LogP contribution is -2.35. The minimum Gasteiger partial charge on any atom is -0.497 e. The second-order valence-corrected chi connectivity index (χ2v) is 11.2. The number of hydrogen-bond acceptors (Lipinski definition) is 3. The number of rotatable bonds is 6. The molecule has 1 aromatic heterocycles. The van der Waals surface area contributed by atoms with E-state index in [-0.39, 0.29) is 13.1 Å². The molecule has 0 bridgehead atoms. The van der Waals surface area contributed by atoms with Crippen molar-refractivity contribution in [1.29, 1.82) is 0 Å². The second-order valence-electron chi connectivity index (χ2n) is 9.25. The number of para-hydroxylation sites is 1. The van der Waals surface area contributed by atoms with Crippen molar-refractivity contribution < 1.29 is 26.3 Å². The van der Waals surface area contributed by atoms with Crippen molar-refractivity contribution in [1.82, 2.24) is 8.87 Å². The molecular formula is C29H27F3N2O3S. The zero-order chi connectivity index (χ0) is 27.1. The Hall–Kier alpha value is -3.56. The average molecular weight is 541 g/mol. The zero-order valence-corrected chi connectivity index (χ0v) is 21.8. The van der Waals surface area contributed by atoms with Crippen molar-refractivity contribution >= 4 is 26.5 Å². The maximum atomic E-state index is 13.5. The first kappa shape index (κ1) is 26.1. The van der Waals surface area contributed by atoms with Crippen molar-refractivity contribution in [3.8, 4) is 5.75 Å². The van der Waals surface area contributed by atoms with E-state index in [0.29, 0.717) is 13.0 Å². The molecule has 2 heterocycles. The van der Waals surface area contributed by atoms with Gasteiger partial charge in [-0.15, -0.1) is 0 Å². The fraction of sp³-hybridized carbons (Fsp3) is 0.241. The molecule has 0 unspecified atom stereocenters. The molecule has 0 saturated carbocycles. The Morgan fingerprint density at radius 2 is 1.71 bits per heavy atom. The van der Waals surface area contributed by atoms with Crippen molar-refractivity contribution in [2.75, 3.05) is 20.2 Å². The highest BCUT2D eigenvalue weighted by atomic mass is 32.2. The van der Waals surface area contributed by atoms with E-state index in [0.717, 1.165) is 55.5 Å². The SMILES string of the molecule is COc1cccc(Cn2c(C)c(C3=CCN(S(=O)(=O)c4ccccc4C(F)(F)F)CC3)c3ccccc32)c1. The Labute approximate surface area is 219 Å². The maximum Gasteiger partial charge on any atom is 0.417 e. The van der Waals surface area contributed by atoms with Crippen molar-refractivity contribution in [3.63, 3.8) is 0 Å². The highest BCUT2D eigenvalue weighted by Gasteiger charge is 2.39. The summed E-state index contributed by atoms with van der Waals surface area (Å²) in [5.41, 5.74) is 4.05. The summed E-state index contributed by atoms with van der Waals surface area (Å²) in [6.45, 7) is 2.76. The van der Waals surface area contributed by atoms with Crippen LogP contribution in [-0.4, -0.2) is 37.5 Å². The average Bonchev–Trinajstić information content (AvgIpc) is 3.19. The number of hydrogen-bond donors (Lipinski definition) is 0. The van der Waals surface area contributed by atoms with Gasteiger partial charge in [-0.1, -0.05) is 48.5 Å². The summed E-state index contributed by atoms with van der Waals surface area (Å²) in [6.07, 6.45) is -2.55.